The molecule has 4 aromatic rings. The Bertz CT molecular complexity index is 1420. The highest BCUT2D eigenvalue weighted by atomic mass is 35.5. The number of piperazine rings is 1. The first-order chi connectivity index (χ1) is 17.0. The number of amides is 1. The molecule has 1 amide bonds. The molecule has 1 fully saturated rings. The van der Waals surface area contributed by atoms with Gasteiger partial charge in [-0.05, 0) is 38.1 Å². The van der Waals surface area contributed by atoms with Crippen molar-refractivity contribution in [1.82, 2.24) is 24.5 Å². The number of para-hydroxylation sites is 2. The van der Waals surface area contributed by atoms with Gasteiger partial charge in [0.25, 0.3) is 11.5 Å². The van der Waals surface area contributed by atoms with E-state index in [-0.39, 0.29) is 16.5 Å². The third-order valence-electron chi connectivity index (χ3n) is 6.31. The van der Waals surface area contributed by atoms with Crippen molar-refractivity contribution in [2.45, 2.75) is 13.8 Å². The first kappa shape index (κ1) is 22.9. The van der Waals surface area contributed by atoms with Gasteiger partial charge in [-0.3, -0.25) is 9.59 Å². The predicted molar refractivity (Wildman–Crippen MR) is 136 cm³/mol. The van der Waals surface area contributed by atoms with E-state index in [0.717, 1.165) is 11.4 Å². The molecule has 178 valence electrons. The number of hydrogen-bond donors (Lipinski definition) is 0. The Balaban J connectivity index is 1.33. The molecule has 5 rings (SSSR count). The maximum atomic E-state index is 13.4. The molecule has 1 aliphatic heterocycles. The van der Waals surface area contributed by atoms with Gasteiger partial charge < -0.3 is 9.80 Å². The molecular formula is C26H25ClN6O2. The van der Waals surface area contributed by atoms with E-state index < -0.39 is 0 Å². The number of aromatic nitrogens is 4. The van der Waals surface area contributed by atoms with Crippen LogP contribution in [-0.2, 0) is 0 Å². The van der Waals surface area contributed by atoms with Crippen LogP contribution in [0.2, 0.25) is 5.02 Å². The van der Waals surface area contributed by atoms with E-state index in [1.54, 1.807) is 18.3 Å². The Kier molecular flexibility index (Phi) is 6.13. The average Bonchev–Trinajstić information content (AvgIpc) is 3.20. The highest BCUT2D eigenvalue weighted by molar-refractivity contribution is 6.33. The van der Waals surface area contributed by atoms with Gasteiger partial charge in [-0.15, -0.1) is 0 Å². The Hall–Kier alpha value is -3.91. The number of carbonyl (C=O) groups is 1. The molecule has 0 radical (unpaired) electrons. The highest BCUT2D eigenvalue weighted by Gasteiger charge is 2.28. The van der Waals surface area contributed by atoms with E-state index >= 15 is 0 Å². The van der Waals surface area contributed by atoms with Gasteiger partial charge >= 0.3 is 0 Å². The van der Waals surface area contributed by atoms with E-state index in [1.165, 1.54) is 4.68 Å². The van der Waals surface area contributed by atoms with Crippen LogP contribution in [0.5, 0.6) is 0 Å². The Labute approximate surface area is 208 Å². The van der Waals surface area contributed by atoms with E-state index in [9.17, 15) is 9.59 Å². The molecule has 3 heterocycles. The minimum Gasteiger partial charge on any atom is -0.365 e. The summed E-state index contributed by atoms with van der Waals surface area (Å²) in [6.45, 7) is 5.89. The molecular weight excluding hydrogens is 464 g/mol. The number of carbonyl (C=O) groups excluding carboxylic acids is 1. The Morgan fingerprint density at radius 3 is 2.03 bits per heavy atom. The van der Waals surface area contributed by atoms with Crippen molar-refractivity contribution < 1.29 is 4.79 Å². The lowest BCUT2D eigenvalue weighted by molar-refractivity contribution is 0.0745. The molecule has 0 unspecified atom stereocenters. The molecule has 0 saturated carbocycles. The van der Waals surface area contributed by atoms with Gasteiger partial charge in [-0.25, -0.2) is 4.68 Å². The van der Waals surface area contributed by atoms with Crippen LogP contribution < -0.4 is 10.5 Å². The maximum Gasteiger partial charge on any atom is 0.292 e. The van der Waals surface area contributed by atoms with Crippen molar-refractivity contribution in [3.05, 3.63) is 99.2 Å². The van der Waals surface area contributed by atoms with Crippen molar-refractivity contribution >= 4 is 23.2 Å². The number of benzene rings is 2. The van der Waals surface area contributed by atoms with E-state index in [2.05, 4.69) is 10.2 Å². The van der Waals surface area contributed by atoms with Gasteiger partial charge in [0, 0.05) is 26.2 Å². The lowest BCUT2D eigenvalue weighted by atomic mass is 10.1. The smallest absolute Gasteiger partial charge is 0.292 e. The van der Waals surface area contributed by atoms with Crippen molar-refractivity contribution in [2.75, 3.05) is 31.1 Å². The van der Waals surface area contributed by atoms with Crippen LogP contribution in [0.1, 0.15) is 21.7 Å². The van der Waals surface area contributed by atoms with Crippen LogP contribution in [0.3, 0.4) is 0 Å². The summed E-state index contributed by atoms with van der Waals surface area (Å²) in [7, 11) is 0. The summed E-state index contributed by atoms with van der Waals surface area (Å²) in [5.41, 5.74) is 3.95. The zero-order valence-electron chi connectivity index (χ0n) is 19.6. The summed E-state index contributed by atoms with van der Waals surface area (Å²) in [5, 5.41) is 9.06. The zero-order valence-corrected chi connectivity index (χ0v) is 20.3. The molecule has 0 N–H and O–H groups in total. The summed E-state index contributed by atoms with van der Waals surface area (Å²) in [6, 6.07) is 19.0. The fourth-order valence-electron chi connectivity index (χ4n) is 4.48. The Morgan fingerprint density at radius 1 is 0.857 bits per heavy atom. The van der Waals surface area contributed by atoms with Crippen LogP contribution in [0.4, 0.5) is 5.69 Å². The van der Waals surface area contributed by atoms with Crippen LogP contribution >= 0.6 is 11.6 Å². The topological polar surface area (TPSA) is 76.3 Å². The second kappa shape index (κ2) is 9.38. The van der Waals surface area contributed by atoms with Crippen LogP contribution in [0, 0.1) is 13.8 Å². The molecule has 9 heteroatoms. The van der Waals surface area contributed by atoms with Gasteiger partial charge in [0.15, 0.2) is 0 Å². The SMILES string of the molecule is Cc1nn(-c2ccccc2)c(C)c1C(=O)N1CCN(c2cnn(-c3ccccc3)c(=O)c2Cl)CC1. The number of rotatable bonds is 4. The molecule has 0 spiro atoms. The van der Waals surface area contributed by atoms with Crippen LogP contribution in [-0.4, -0.2) is 56.5 Å². The average molecular weight is 489 g/mol. The zero-order chi connectivity index (χ0) is 24.5. The van der Waals surface area contributed by atoms with Gasteiger partial charge in [0.2, 0.25) is 0 Å². The lowest BCUT2D eigenvalue weighted by Crippen LogP contribution is -2.49. The third-order valence-corrected chi connectivity index (χ3v) is 6.67. The largest absolute Gasteiger partial charge is 0.365 e. The molecule has 8 nitrogen and oxygen atoms in total. The van der Waals surface area contributed by atoms with E-state index in [4.69, 9.17) is 11.6 Å². The molecule has 0 bridgehead atoms. The number of nitrogens with zero attached hydrogens (tertiary/aromatic N) is 6. The normalized spacial score (nSPS) is 13.8. The van der Waals surface area contributed by atoms with Crippen molar-refractivity contribution in [2.24, 2.45) is 0 Å². The molecule has 0 atom stereocenters. The van der Waals surface area contributed by atoms with Crippen LogP contribution in [0.15, 0.2) is 71.7 Å². The standard InChI is InChI=1S/C26H25ClN6O2/c1-18-23(19(2)32(29-18)20-9-5-3-6-10-20)25(34)31-15-13-30(14-16-31)22-17-28-33(26(35)24(22)27)21-11-7-4-8-12-21/h3-12,17H,13-16H2,1-2H3. The fraction of sp³-hybridized carbons (Fsp3) is 0.231. The van der Waals surface area contributed by atoms with Gasteiger partial charge in [-0.2, -0.15) is 14.9 Å². The fourth-order valence-corrected chi connectivity index (χ4v) is 4.73. The molecule has 1 aliphatic rings. The molecule has 1 saturated heterocycles. The quantitative estimate of drug-likeness (QED) is 0.438. The molecule has 2 aromatic carbocycles. The minimum atomic E-state index is -0.367. The molecule has 0 aliphatic carbocycles. The monoisotopic (exact) mass is 488 g/mol. The summed E-state index contributed by atoms with van der Waals surface area (Å²) in [5.74, 6) is -0.0365. The number of anilines is 1. The van der Waals surface area contributed by atoms with Crippen molar-refractivity contribution in [1.29, 1.82) is 0 Å². The highest BCUT2D eigenvalue weighted by Crippen LogP contribution is 2.25. The lowest BCUT2D eigenvalue weighted by Gasteiger charge is -2.36. The van der Waals surface area contributed by atoms with E-state index in [0.29, 0.717) is 48.8 Å². The number of halogens is 1. The summed E-state index contributed by atoms with van der Waals surface area (Å²) in [4.78, 5) is 30.1. The van der Waals surface area contributed by atoms with Gasteiger partial charge in [0.05, 0.1) is 40.2 Å². The first-order valence-corrected chi connectivity index (χ1v) is 11.8. The predicted octanol–water partition coefficient (Wildman–Crippen LogP) is 3.65. The summed E-state index contributed by atoms with van der Waals surface area (Å²) in [6.07, 6.45) is 1.62. The molecule has 35 heavy (non-hydrogen) atoms. The third kappa shape index (κ3) is 4.21. The Morgan fingerprint density at radius 2 is 1.43 bits per heavy atom. The van der Waals surface area contributed by atoms with Gasteiger partial charge in [-0.1, -0.05) is 48.0 Å². The van der Waals surface area contributed by atoms with Crippen molar-refractivity contribution in [3.8, 4) is 11.4 Å². The maximum absolute atomic E-state index is 13.4. The van der Waals surface area contributed by atoms with Gasteiger partial charge in [0.1, 0.15) is 5.02 Å². The number of hydrogen-bond acceptors (Lipinski definition) is 5. The second-order valence-corrected chi connectivity index (χ2v) is 8.85. The van der Waals surface area contributed by atoms with E-state index in [1.807, 2.05) is 76.9 Å². The summed E-state index contributed by atoms with van der Waals surface area (Å²) < 4.78 is 3.10. The molecule has 2 aromatic heterocycles. The minimum absolute atomic E-state index is 0.0365. The van der Waals surface area contributed by atoms with Crippen molar-refractivity contribution in [3.63, 3.8) is 0 Å². The second-order valence-electron chi connectivity index (χ2n) is 8.47. The number of aryl methyl sites for hydroxylation is 1. The van der Waals surface area contributed by atoms with Crippen LogP contribution in [0.25, 0.3) is 11.4 Å². The first-order valence-electron chi connectivity index (χ1n) is 11.4. The summed E-state index contributed by atoms with van der Waals surface area (Å²) >= 11 is 6.47.